The maximum atomic E-state index is 13.0. The fourth-order valence-electron chi connectivity index (χ4n) is 3.86. The number of carbonyl (C=O) groups is 1. The Morgan fingerprint density at radius 3 is 2.48 bits per heavy atom. The Bertz CT molecular complexity index is 1130. The summed E-state index contributed by atoms with van der Waals surface area (Å²) >= 11 is 1.48. The Morgan fingerprint density at radius 1 is 1.10 bits per heavy atom. The van der Waals surface area contributed by atoms with E-state index in [9.17, 15) is 13.2 Å². The van der Waals surface area contributed by atoms with E-state index >= 15 is 0 Å². The number of thiazole rings is 1. The zero-order valence-electron chi connectivity index (χ0n) is 16.3. The van der Waals surface area contributed by atoms with Crippen molar-refractivity contribution in [3.63, 3.8) is 0 Å². The molecule has 1 amide bonds. The number of benzene rings is 2. The summed E-state index contributed by atoms with van der Waals surface area (Å²) in [7, 11) is -3.53. The van der Waals surface area contributed by atoms with Crippen molar-refractivity contribution in [3.05, 3.63) is 53.5 Å². The highest BCUT2D eigenvalue weighted by Gasteiger charge is 2.31. The molecule has 1 aliphatic heterocycles. The molecule has 0 radical (unpaired) electrons. The van der Waals surface area contributed by atoms with Gasteiger partial charge in [-0.1, -0.05) is 13.8 Å². The van der Waals surface area contributed by atoms with Crippen LogP contribution in [0.5, 0.6) is 0 Å². The summed E-state index contributed by atoms with van der Waals surface area (Å²) in [5, 5.41) is 2.82. The number of nitrogens with zero attached hydrogens (tertiary/aromatic N) is 2. The van der Waals surface area contributed by atoms with E-state index in [0.717, 1.165) is 16.6 Å². The molecule has 29 heavy (non-hydrogen) atoms. The van der Waals surface area contributed by atoms with Gasteiger partial charge in [0.15, 0.2) is 0 Å². The van der Waals surface area contributed by atoms with E-state index in [2.05, 4.69) is 24.1 Å². The van der Waals surface area contributed by atoms with Crippen molar-refractivity contribution in [2.45, 2.75) is 25.2 Å². The average molecular weight is 430 g/mol. The molecule has 1 aliphatic rings. The largest absolute Gasteiger partial charge is 0.322 e. The lowest BCUT2D eigenvalue weighted by molar-refractivity contribution is 0.102. The number of amides is 1. The number of aromatic nitrogens is 1. The van der Waals surface area contributed by atoms with Gasteiger partial charge in [-0.15, -0.1) is 11.3 Å². The molecule has 1 fully saturated rings. The topological polar surface area (TPSA) is 79.4 Å². The number of fused-ring (bicyclic) bond motifs is 1. The van der Waals surface area contributed by atoms with Crippen molar-refractivity contribution in [2.75, 3.05) is 18.4 Å². The minimum absolute atomic E-state index is 0.241. The summed E-state index contributed by atoms with van der Waals surface area (Å²) in [5.74, 6) is 0.459. The third kappa shape index (κ3) is 4.19. The van der Waals surface area contributed by atoms with Crippen molar-refractivity contribution in [2.24, 2.45) is 11.8 Å². The van der Waals surface area contributed by atoms with Crippen LogP contribution in [-0.4, -0.2) is 36.7 Å². The molecule has 4 rings (SSSR count). The molecule has 152 valence electrons. The molecule has 0 bridgehead atoms. The minimum atomic E-state index is -3.53. The Morgan fingerprint density at radius 2 is 1.79 bits per heavy atom. The third-order valence-electron chi connectivity index (χ3n) is 5.18. The van der Waals surface area contributed by atoms with Crippen LogP contribution in [0.3, 0.4) is 0 Å². The first-order chi connectivity index (χ1) is 13.8. The SMILES string of the molecule is CC1CC(C)CN(S(=O)(=O)c2ccc(NC(=O)c3ccc4ncsc4c3)cc2)C1. The van der Waals surface area contributed by atoms with E-state index in [-0.39, 0.29) is 10.8 Å². The van der Waals surface area contributed by atoms with Crippen LogP contribution in [0.15, 0.2) is 52.9 Å². The molecule has 3 aromatic rings. The maximum absolute atomic E-state index is 13.0. The number of nitrogens with one attached hydrogen (secondary N) is 1. The predicted octanol–water partition coefficient (Wildman–Crippen LogP) is 4.22. The van der Waals surface area contributed by atoms with E-state index in [1.165, 1.54) is 11.3 Å². The summed E-state index contributed by atoms with van der Waals surface area (Å²) < 4.78 is 28.5. The zero-order chi connectivity index (χ0) is 20.6. The van der Waals surface area contributed by atoms with Gasteiger partial charge in [-0.2, -0.15) is 4.31 Å². The van der Waals surface area contributed by atoms with Crippen molar-refractivity contribution in [3.8, 4) is 0 Å². The molecule has 6 nitrogen and oxygen atoms in total. The van der Waals surface area contributed by atoms with Gasteiger partial charge in [0.25, 0.3) is 5.91 Å². The second-order valence-corrected chi connectivity index (χ2v) is 10.6. The van der Waals surface area contributed by atoms with Gasteiger partial charge in [-0.05, 0) is 60.7 Å². The van der Waals surface area contributed by atoms with Crippen LogP contribution >= 0.6 is 11.3 Å². The summed E-state index contributed by atoms with van der Waals surface area (Å²) in [5.41, 5.74) is 3.70. The highest BCUT2D eigenvalue weighted by atomic mass is 32.2. The van der Waals surface area contributed by atoms with E-state index in [0.29, 0.717) is 36.2 Å². The Kier molecular flexibility index (Phi) is 5.42. The zero-order valence-corrected chi connectivity index (χ0v) is 18.0. The summed E-state index contributed by atoms with van der Waals surface area (Å²) in [4.78, 5) is 17.0. The smallest absolute Gasteiger partial charge is 0.255 e. The lowest BCUT2D eigenvalue weighted by Gasteiger charge is -2.34. The normalized spacial score (nSPS) is 20.6. The predicted molar refractivity (Wildman–Crippen MR) is 116 cm³/mol. The first-order valence-corrected chi connectivity index (χ1v) is 11.9. The molecule has 2 heterocycles. The van der Waals surface area contributed by atoms with Gasteiger partial charge in [0.05, 0.1) is 20.6 Å². The fraction of sp³-hybridized carbons (Fsp3) is 0.333. The minimum Gasteiger partial charge on any atom is -0.322 e. The molecule has 1 aromatic heterocycles. The van der Waals surface area contributed by atoms with E-state index in [1.54, 1.807) is 46.2 Å². The second-order valence-electron chi connectivity index (χ2n) is 7.78. The molecule has 2 atom stereocenters. The van der Waals surface area contributed by atoms with Gasteiger partial charge in [0, 0.05) is 24.3 Å². The summed E-state index contributed by atoms with van der Waals surface area (Å²) in [6.07, 6.45) is 1.05. The molecular weight excluding hydrogens is 406 g/mol. The van der Waals surface area contributed by atoms with Gasteiger partial charge in [0.1, 0.15) is 0 Å². The first-order valence-electron chi connectivity index (χ1n) is 9.58. The summed E-state index contributed by atoms with van der Waals surface area (Å²) in [6, 6.07) is 11.7. The van der Waals surface area contributed by atoms with Crippen molar-refractivity contribution >= 4 is 43.2 Å². The highest BCUT2D eigenvalue weighted by molar-refractivity contribution is 7.89. The van der Waals surface area contributed by atoms with Gasteiger partial charge < -0.3 is 5.32 Å². The Balaban J connectivity index is 1.49. The van der Waals surface area contributed by atoms with E-state index < -0.39 is 10.0 Å². The number of anilines is 1. The molecule has 0 saturated carbocycles. The number of carbonyl (C=O) groups excluding carboxylic acids is 1. The molecule has 8 heteroatoms. The summed E-state index contributed by atoms with van der Waals surface area (Å²) in [6.45, 7) is 5.26. The van der Waals surface area contributed by atoms with Gasteiger partial charge in [-0.25, -0.2) is 13.4 Å². The number of hydrogen-bond donors (Lipinski definition) is 1. The standard InChI is InChI=1S/C21H23N3O3S2/c1-14-9-15(2)12-24(11-14)29(26,27)18-6-4-17(5-7-18)23-21(25)16-3-8-19-20(10-16)28-13-22-19/h3-8,10,13-15H,9,11-12H2,1-2H3,(H,23,25). The lowest BCUT2D eigenvalue weighted by Crippen LogP contribution is -2.42. The number of piperidine rings is 1. The molecular formula is C21H23N3O3S2. The molecule has 1 saturated heterocycles. The molecule has 2 unspecified atom stereocenters. The van der Waals surface area contributed by atoms with Gasteiger partial charge in [-0.3, -0.25) is 4.79 Å². The van der Waals surface area contributed by atoms with Crippen molar-refractivity contribution in [1.29, 1.82) is 0 Å². The highest BCUT2D eigenvalue weighted by Crippen LogP contribution is 2.27. The van der Waals surface area contributed by atoms with Crippen molar-refractivity contribution in [1.82, 2.24) is 9.29 Å². The molecule has 1 N–H and O–H groups in total. The first kappa shape index (κ1) is 20.0. The lowest BCUT2D eigenvalue weighted by atomic mass is 9.94. The second kappa shape index (κ2) is 7.85. The molecule has 0 aliphatic carbocycles. The van der Waals surface area contributed by atoms with Crippen LogP contribution in [0.1, 0.15) is 30.6 Å². The molecule has 0 spiro atoms. The van der Waals surface area contributed by atoms with Crippen LogP contribution in [0, 0.1) is 11.8 Å². The van der Waals surface area contributed by atoms with E-state index in [4.69, 9.17) is 0 Å². The van der Waals surface area contributed by atoms with Crippen LogP contribution in [0.2, 0.25) is 0 Å². The van der Waals surface area contributed by atoms with Gasteiger partial charge in [0.2, 0.25) is 10.0 Å². The van der Waals surface area contributed by atoms with Crippen LogP contribution < -0.4 is 5.32 Å². The Hall–Kier alpha value is -2.29. The van der Waals surface area contributed by atoms with Crippen molar-refractivity contribution < 1.29 is 13.2 Å². The number of sulfonamides is 1. The third-order valence-corrected chi connectivity index (χ3v) is 7.82. The fourth-order valence-corrected chi connectivity index (χ4v) is 6.26. The molecule has 2 aromatic carbocycles. The monoisotopic (exact) mass is 429 g/mol. The number of rotatable bonds is 4. The maximum Gasteiger partial charge on any atom is 0.255 e. The van der Waals surface area contributed by atoms with E-state index in [1.807, 2.05) is 6.07 Å². The van der Waals surface area contributed by atoms with Crippen LogP contribution in [0.4, 0.5) is 5.69 Å². The van der Waals surface area contributed by atoms with Gasteiger partial charge >= 0.3 is 0 Å². The quantitative estimate of drug-likeness (QED) is 0.674. The van der Waals surface area contributed by atoms with Crippen LogP contribution in [0.25, 0.3) is 10.2 Å². The average Bonchev–Trinajstić information content (AvgIpc) is 3.15. The Labute approximate surface area is 174 Å². The number of hydrogen-bond acceptors (Lipinski definition) is 5. The van der Waals surface area contributed by atoms with Crippen LogP contribution in [-0.2, 0) is 10.0 Å².